The van der Waals surface area contributed by atoms with E-state index in [2.05, 4.69) is 20.8 Å². The molecule has 1 unspecified atom stereocenters. The molecule has 0 heterocycles. The number of carboxylic acids is 1. The lowest BCUT2D eigenvalue weighted by Gasteiger charge is -2.41. The molecular weight excluding hydrogens is 254 g/mol. The van der Waals surface area contributed by atoms with Gasteiger partial charge in [0.15, 0.2) is 0 Å². The summed E-state index contributed by atoms with van der Waals surface area (Å²) in [5, 5.41) is 9.51. The average molecular weight is 283 g/mol. The molecule has 1 aliphatic rings. The average Bonchev–Trinajstić information content (AvgIpc) is 2.33. The molecule has 1 saturated carbocycles. The van der Waals surface area contributed by atoms with Gasteiger partial charge in [-0.25, -0.2) is 4.79 Å². The molecule has 0 aliphatic heterocycles. The van der Waals surface area contributed by atoms with E-state index < -0.39 is 12.0 Å². The number of hydrogen-bond acceptors (Lipinski definition) is 2. The predicted octanol–water partition coefficient (Wildman–Crippen LogP) is 3.16. The maximum Gasteiger partial charge on any atom is 0.326 e. The predicted molar refractivity (Wildman–Crippen MR) is 79.4 cm³/mol. The zero-order valence-corrected chi connectivity index (χ0v) is 13.5. The Kier molecular flexibility index (Phi) is 5.60. The van der Waals surface area contributed by atoms with E-state index in [9.17, 15) is 14.7 Å². The summed E-state index contributed by atoms with van der Waals surface area (Å²) in [6.07, 6.45) is 3.94. The molecule has 1 fully saturated rings. The second-order valence-electron chi connectivity index (χ2n) is 7.07. The SMILES string of the molecule is CCN(C(C)=O)C(C(=O)O)C1CCC(C(C)(C)C)CC1. The van der Waals surface area contributed by atoms with E-state index in [0.29, 0.717) is 12.5 Å². The van der Waals surface area contributed by atoms with Gasteiger partial charge in [0.05, 0.1) is 0 Å². The normalized spacial score (nSPS) is 25.1. The minimum Gasteiger partial charge on any atom is -0.480 e. The van der Waals surface area contributed by atoms with Crippen molar-refractivity contribution in [3.05, 3.63) is 0 Å². The Morgan fingerprint density at radius 1 is 1.20 bits per heavy atom. The molecule has 4 heteroatoms. The number of hydrogen-bond donors (Lipinski definition) is 1. The minimum absolute atomic E-state index is 0.0925. The van der Waals surface area contributed by atoms with Crippen LogP contribution in [0.2, 0.25) is 0 Å². The first-order valence-electron chi connectivity index (χ1n) is 7.68. The van der Waals surface area contributed by atoms with Crippen molar-refractivity contribution >= 4 is 11.9 Å². The molecule has 0 bridgehead atoms. The Balaban J connectivity index is 2.77. The lowest BCUT2D eigenvalue weighted by Crippen LogP contribution is -2.49. The molecule has 4 nitrogen and oxygen atoms in total. The first-order valence-corrected chi connectivity index (χ1v) is 7.68. The Morgan fingerprint density at radius 3 is 2.00 bits per heavy atom. The van der Waals surface area contributed by atoms with Gasteiger partial charge >= 0.3 is 5.97 Å². The number of carbonyl (C=O) groups is 2. The molecule has 0 aromatic rings. The summed E-state index contributed by atoms with van der Waals surface area (Å²) in [7, 11) is 0. The Hall–Kier alpha value is -1.06. The number of carbonyl (C=O) groups excluding carboxylic acids is 1. The van der Waals surface area contributed by atoms with E-state index in [0.717, 1.165) is 25.7 Å². The summed E-state index contributed by atoms with van der Waals surface area (Å²) in [5.41, 5.74) is 0.286. The number of nitrogens with zero attached hydrogens (tertiary/aromatic N) is 1. The number of amides is 1. The van der Waals surface area contributed by atoms with Crippen LogP contribution in [0.5, 0.6) is 0 Å². The topological polar surface area (TPSA) is 57.6 Å². The molecular formula is C16H29NO3. The Labute approximate surface area is 122 Å². The molecule has 1 aliphatic carbocycles. The second kappa shape index (κ2) is 6.59. The van der Waals surface area contributed by atoms with E-state index >= 15 is 0 Å². The Morgan fingerprint density at radius 2 is 1.70 bits per heavy atom. The van der Waals surface area contributed by atoms with Crippen molar-refractivity contribution in [2.24, 2.45) is 17.3 Å². The van der Waals surface area contributed by atoms with Gasteiger partial charge in [-0.3, -0.25) is 4.79 Å². The van der Waals surface area contributed by atoms with Gasteiger partial charge in [-0.15, -0.1) is 0 Å². The van der Waals surface area contributed by atoms with E-state index in [4.69, 9.17) is 0 Å². The first kappa shape index (κ1) is 17.0. The molecule has 1 atom stereocenters. The van der Waals surface area contributed by atoms with Gasteiger partial charge in [0.1, 0.15) is 6.04 Å². The number of carboxylic acid groups (broad SMARTS) is 1. The van der Waals surface area contributed by atoms with Crippen molar-refractivity contribution in [1.82, 2.24) is 4.90 Å². The zero-order chi connectivity index (χ0) is 15.5. The minimum atomic E-state index is -0.860. The maximum atomic E-state index is 11.6. The van der Waals surface area contributed by atoms with Crippen LogP contribution in [-0.4, -0.2) is 34.5 Å². The molecule has 0 spiro atoms. The molecule has 1 rings (SSSR count). The van der Waals surface area contributed by atoms with Gasteiger partial charge in [-0.2, -0.15) is 0 Å². The second-order valence-corrected chi connectivity index (χ2v) is 7.07. The molecule has 0 saturated heterocycles. The fraction of sp³-hybridized carbons (Fsp3) is 0.875. The summed E-state index contributed by atoms with van der Waals surface area (Å²) in [5.74, 6) is -0.255. The van der Waals surface area contributed by atoms with Crippen molar-refractivity contribution in [2.75, 3.05) is 6.54 Å². The summed E-state index contributed by atoms with van der Waals surface area (Å²) in [6.45, 7) is 10.5. The van der Waals surface area contributed by atoms with Crippen LogP contribution in [0.4, 0.5) is 0 Å². The van der Waals surface area contributed by atoms with Crippen LogP contribution in [0.25, 0.3) is 0 Å². The summed E-state index contributed by atoms with van der Waals surface area (Å²) in [6, 6.07) is -0.654. The smallest absolute Gasteiger partial charge is 0.326 e. The first-order chi connectivity index (χ1) is 9.18. The zero-order valence-electron chi connectivity index (χ0n) is 13.5. The van der Waals surface area contributed by atoms with Crippen LogP contribution in [-0.2, 0) is 9.59 Å². The monoisotopic (exact) mass is 283 g/mol. The summed E-state index contributed by atoms with van der Waals surface area (Å²) >= 11 is 0. The maximum absolute atomic E-state index is 11.6. The quantitative estimate of drug-likeness (QED) is 0.862. The van der Waals surface area contributed by atoms with Gasteiger partial charge in [-0.1, -0.05) is 20.8 Å². The highest BCUT2D eigenvalue weighted by Crippen LogP contribution is 2.41. The number of likely N-dealkylation sites (N-methyl/N-ethyl adjacent to an activating group) is 1. The number of rotatable bonds is 4. The van der Waals surface area contributed by atoms with E-state index in [-0.39, 0.29) is 17.2 Å². The van der Waals surface area contributed by atoms with Gasteiger partial charge in [0.25, 0.3) is 0 Å². The van der Waals surface area contributed by atoms with Gasteiger partial charge in [0, 0.05) is 13.5 Å². The van der Waals surface area contributed by atoms with Crippen molar-refractivity contribution in [1.29, 1.82) is 0 Å². The van der Waals surface area contributed by atoms with Crippen molar-refractivity contribution in [3.8, 4) is 0 Å². The van der Waals surface area contributed by atoms with Crippen LogP contribution in [0, 0.1) is 17.3 Å². The fourth-order valence-corrected chi connectivity index (χ4v) is 3.51. The molecule has 20 heavy (non-hydrogen) atoms. The lowest BCUT2D eigenvalue weighted by molar-refractivity contribution is -0.152. The van der Waals surface area contributed by atoms with Crippen LogP contribution >= 0.6 is 0 Å². The van der Waals surface area contributed by atoms with Crippen LogP contribution in [0.1, 0.15) is 60.3 Å². The van der Waals surface area contributed by atoms with Crippen molar-refractivity contribution in [2.45, 2.75) is 66.3 Å². The standard InChI is InChI=1S/C16H29NO3/c1-6-17(11(2)18)14(15(19)20)12-7-9-13(10-8-12)16(3,4)5/h12-14H,6-10H2,1-5H3,(H,19,20). The molecule has 116 valence electrons. The van der Waals surface area contributed by atoms with Crippen LogP contribution in [0.3, 0.4) is 0 Å². The highest BCUT2D eigenvalue weighted by atomic mass is 16.4. The molecule has 0 aromatic carbocycles. The highest BCUT2D eigenvalue weighted by molar-refractivity contribution is 5.82. The van der Waals surface area contributed by atoms with Gasteiger partial charge < -0.3 is 10.0 Å². The van der Waals surface area contributed by atoms with Gasteiger partial charge in [-0.05, 0) is 49.9 Å². The third-order valence-corrected chi connectivity index (χ3v) is 4.78. The molecule has 0 aromatic heterocycles. The Bertz CT molecular complexity index is 351. The highest BCUT2D eigenvalue weighted by Gasteiger charge is 2.38. The lowest BCUT2D eigenvalue weighted by atomic mass is 9.68. The fourth-order valence-electron chi connectivity index (χ4n) is 3.51. The number of aliphatic carboxylic acids is 1. The molecule has 0 radical (unpaired) electrons. The largest absolute Gasteiger partial charge is 0.480 e. The molecule has 1 N–H and O–H groups in total. The van der Waals surface area contributed by atoms with E-state index in [1.54, 1.807) is 0 Å². The molecule has 1 amide bonds. The van der Waals surface area contributed by atoms with Gasteiger partial charge in [0.2, 0.25) is 5.91 Å². The van der Waals surface area contributed by atoms with E-state index in [1.165, 1.54) is 11.8 Å². The summed E-state index contributed by atoms with van der Waals surface area (Å²) in [4.78, 5) is 24.7. The van der Waals surface area contributed by atoms with E-state index in [1.807, 2.05) is 6.92 Å². The van der Waals surface area contributed by atoms with Crippen LogP contribution < -0.4 is 0 Å². The summed E-state index contributed by atoms with van der Waals surface area (Å²) < 4.78 is 0. The van der Waals surface area contributed by atoms with Crippen molar-refractivity contribution in [3.63, 3.8) is 0 Å². The third kappa shape index (κ3) is 3.97. The van der Waals surface area contributed by atoms with Crippen LogP contribution in [0.15, 0.2) is 0 Å². The van der Waals surface area contributed by atoms with Crippen molar-refractivity contribution < 1.29 is 14.7 Å². The third-order valence-electron chi connectivity index (χ3n) is 4.78.